The van der Waals surface area contributed by atoms with Gasteiger partial charge in [0.2, 0.25) is 0 Å². The molecule has 0 spiro atoms. The number of hydrogen-bond donors (Lipinski definition) is 0. The molecule has 0 bridgehead atoms. The van der Waals surface area contributed by atoms with Crippen LogP contribution in [0.5, 0.6) is 0 Å². The molecule has 3 heteroatoms. The monoisotopic (exact) mass is 725 g/mol. The lowest BCUT2D eigenvalue weighted by atomic mass is 9.67. The second-order valence-electron chi connectivity index (χ2n) is 14.7. The molecule has 0 atom stereocenters. The maximum Gasteiger partial charge on any atom is 0.160 e. The predicted molar refractivity (Wildman–Crippen MR) is 234 cm³/mol. The van der Waals surface area contributed by atoms with Gasteiger partial charge in [0.15, 0.2) is 5.82 Å². The van der Waals surface area contributed by atoms with E-state index in [1.807, 2.05) is 36.5 Å². The average Bonchev–Trinajstić information content (AvgIpc) is 3.59. The van der Waals surface area contributed by atoms with E-state index in [0.717, 1.165) is 44.4 Å². The van der Waals surface area contributed by atoms with E-state index in [0.29, 0.717) is 5.82 Å². The molecule has 8 aromatic carbocycles. The highest BCUT2D eigenvalue weighted by Crippen LogP contribution is 2.57. The van der Waals surface area contributed by atoms with Gasteiger partial charge in [0.25, 0.3) is 0 Å². The summed E-state index contributed by atoms with van der Waals surface area (Å²) >= 11 is 0. The van der Waals surface area contributed by atoms with Gasteiger partial charge in [-0.2, -0.15) is 0 Å². The van der Waals surface area contributed by atoms with Gasteiger partial charge in [-0.1, -0.05) is 182 Å². The van der Waals surface area contributed by atoms with Crippen molar-refractivity contribution in [3.8, 4) is 56.2 Å². The fraction of sp³-hybridized carbons (Fsp3) is 0.0185. The zero-order chi connectivity index (χ0) is 37.8. The fourth-order valence-corrected chi connectivity index (χ4v) is 9.15. The first kappa shape index (κ1) is 32.9. The summed E-state index contributed by atoms with van der Waals surface area (Å²) in [5.74, 6) is 0.688. The molecule has 0 aliphatic heterocycles. The van der Waals surface area contributed by atoms with Crippen molar-refractivity contribution < 1.29 is 0 Å². The molecule has 10 aromatic rings. The minimum Gasteiger partial charge on any atom is -0.256 e. The van der Waals surface area contributed by atoms with E-state index in [2.05, 4.69) is 181 Å². The lowest BCUT2D eigenvalue weighted by molar-refractivity contribution is 0.769. The van der Waals surface area contributed by atoms with Crippen molar-refractivity contribution >= 4 is 21.7 Å². The van der Waals surface area contributed by atoms with E-state index in [1.54, 1.807) is 0 Å². The molecule has 0 unspecified atom stereocenters. The van der Waals surface area contributed by atoms with Crippen LogP contribution in [0.4, 0.5) is 0 Å². The first-order valence-corrected chi connectivity index (χ1v) is 19.4. The van der Waals surface area contributed by atoms with E-state index in [9.17, 15) is 0 Å². The third kappa shape index (κ3) is 5.24. The second kappa shape index (κ2) is 13.4. The first-order chi connectivity index (χ1) is 28.3. The summed E-state index contributed by atoms with van der Waals surface area (Å²) in [7, 11) is 0. The Bertz CT molecular complexity index is 3070. The zero-order valence-electron chi connectivity index (χ0n) is 31.0. The van der Waals surface area contributed by atoms with Crippen LogP contribution >= 0.6 is 0 Å². The smallest absolute Gasteiger partial charge is 0.160 e. The molecule has 11 rings (SSSR count). The van der Waals surface area contributed by atoms with E-state index < -0.39 is 5.41 Å². The summed E-state index contributed by atoms with van der Waals surface area (Å²) in [6.07, 6.45) is 1.84. The summed E-state index contributed by atoms with van der Waals surface area (Å²) in [5.41, 5.74) is 15.3. The number of nitrogens with zero attached hydrogens (tertiary/aromatic N) is 3. The Morgan fingerprint density at radius 1 is 0.333 bits per heavy atom. The number of rotatable bonds is 6. The van der Waals surface area contributed by atoms with Crippen LogP contribution < -0.4 is 0 Å². The molecule has 3 nitrogen and oxygen atoms in total. The van der Waals surface area contributed by atoms with Crippen LogP contribution in [0.3, 0.4) is 0 Å². The highest BCUT2D eigenvalue weighted by molar-refractivity contribution is 6.05. The van der Waals surface area contributed by atoms with Crippen molar-refractivity contribution in [1.29, 1.82) is 0 Å². The van der Waals surface area contributed by atoms with Crippen molar-refractivity contribution in [1.82, 2.24) is 15.0 Å². The van der Waals surface area contributed by atoms with Gasteiger partial charge in [-0.3, -0.25) is 4.98 Å². The van der Waals surface area contributed by atoms with Crippen LogP contribution in [0.1, 0.15) is 22.3 Å². The summed E-state index contributed by atoms with van der Waals surface area (Å²) in [6.45, 7) is 0. The summed E-state index contributed by atoms with van der Waals surface area (Å²) in [4.78, 5) is 15.1. The third-order valence-corrected chi connectivity index (χ3v) is 11.6. The predicted octanol–water partition coefficient (Wildman–Crippen LogP) is 13.2. The quantitative estimate of drug-likeness (QED) is 0.171. The average molecular weight is 726 g/mol. The molecule has 0 saturated heterocycles. The number of fused-ring (bicyclic) bond motifs is 5. The van der Waals surface area contributed by atoms with Crippen LogP contribution in [-0.4, -0.2) is 15.0 Å². The lowest BCUT2D eigenvalue weighted by Crippen LogP contribution is -2.28. The van der Waals surface area contributed by atoms with Crippen LogP contribution in [0.2, 0.25) is 0 Å². The Kier molecular flexibility index (Phi) is 7.71. The Balaban J connectivity index is 1.12. The highest BCUT2D eigenvalue weighted by atomic mass is 14.9. The van der Waals surface area contributed by atoms with Gasteiger partial charge >= 0.3 is 0 Å². The Hall–Kier alpha value is -7.49. The van der Waals surface area contributed by atoms with E-state index in [1.165, 1.54) is 49.9 Å². The van der Waals surface area contributed by atoms with Crippen LogP contribution in [0.15, 0.2) is 212 Å². The van der Waals surface area contributed by atoms with Crippen molar-refractivity contribution in [3.05, 3.63) is 235 Å². The Labute approximate surface area is 331 Å². The summed E-state index contributed by atoms with van der Waals surface area (Å²) < 4.78 is 0. The molecular formula is C54H35N3. The molecule has 1 aliphatic carbocycles. The largest absolute Gasteiger partial charge is 0.256 e. The van der Waals surface area contributed by atoms with Gasteiger partial charge in [0.1, 0.15) is 0 Å². The molecule has 57 heavy (non-hydrogen) atoms. The molecule has 0 saturated carbocycles. The topological polar surface area (TPSA) is 38.7 Å². The Morgan fingerprint density at radius 3 is 1.61 bits per heavy atom. The number of hydrogen-bond acceptors (Lipinski definition) is 3. The minimum absolute atomic E-state index is 0.470. The molecule has 1 aliphatic rings. The van der Waals surface area contributed by atoms with Gasteiger partial charge in [-0.05, 0) is 79.5 Å². The molecule has 0 fully saturated rings. The van der Waals surface area contributed by atoms with Crippen LogP contribution in [-0.2, 0) is 5.41 Å². The van der Waals surface area contributed by atoms with Crippen molar-refractivity contribution in [2.45, 2.75) is 5.41 Å². The van der Waals surface area contributed by atoms with Crippen molar-refractivity contribution in [2.75, 3.05) is 0 Å². The Morgan fingerprint density at radius 2 is 0.877 bits per heavy atom. The van der Waals surface area contributed by atoms with Crippen LogP contribution in [0, 0.1) is 0 Å². The minimum atomic E-state index is -0.470. The zero-order valence-corrected chi connectivity index (χ0v) is 31.0. The number of benzene rings is 8. The normalized spacial score (nSPS) is 12.7. The number of aromatic nitrogens is 3. The van der Waals surface area contributed by atoms with Crippen molar-refractivity contribution in [3.63, 3.8) is 0 Å². The number of pyridine rings is 1. The standard InChI is InChI=1S/C54H35N3/c1-4-16-36(17-5-1)53-56-51(46-25-14-28-50-45(46)26-15-33-55-50)35-52(57-53)47-32-31-40(41-22-10-11-23-42(41)47)37-29-30-44-43-24-12-13-27-48(43)54(49(44)34-37,38-18-6-2-7-19-38)39-20-8-3-9-21-39/h1-35H. The molecular weight excluding hydrogens is 691 g/mol. The van der Waals surface area contributed by atoms with Gasteiger partial charge in [-0.25, -0.2) is 9.97 Å². The molecule has 0 amide bonds. The summed E-state index contributed by atoms with van der Waals surface area (Å²) in [5, 5.41) is 3.37. The second-order valence-corrected chi connectivity index (χ2v) is 14.7. The SMILES string of the molecule is c1ccc(-c2nc(-c3cccc4ncccc34)cc(-c3ccc(-c4ccc5c(c4)C(c4ccccc4)(c4ccccc4)c4ccccc4-5)c4ccccc34)n2)cc1. The van der Waals surface area contributed by atoms with Gasteiger partial charge in [0, 0.05) is 28.3 Å². The van der Waals surface area contributed by atoms with E-state index in [-0.39, 0.29) is 0 Å². The van der Waals surface area contributed by atoms with Gasteiger partial charge < -0.3 is 0 Å². The maximum atomic E-state index is 5.26. The van der Waals surface area contributed by atoms with Crippen molar-refractivity contribution in [2.24, 2.45) is 0 Å². The van der Waals surface area contributed by atoms with Crippen LogP contribution in [0.25, 0.3) is 77.8 Å². The molecule has 2 aromatic heterocycles. The van der Waals surface area contributed by atoms with Gasteiger partial charge in [-0.15, -0.1) is 0 Å². The summed E-state index contributed by atoms with van der Waals surface area (Å²) in [6, 6.07) is 74.0. The maximum absolute atomic E-state index is 5.26. The van der Waals surface area contributed by atoms with E-state index >= 15 is 0 Å². The fourth-order valence-electron chi connectivity index (χ4n) is 9.15. The molecule has 0 radical (unpaired) electrons. The molecule has 0 N–H and O–H groups in total. The third-order valence-electron chi connectivity index (χ3n) is 11.6. The lowest BCUT2D eigenvalue weighted by Gasteiger charge is -2.34. The van der Waals surface area contributed by atoms with E-state index in [4.69, 9.17) is 9.97 Å². The van der Waals surface area contributed by atoms with Gasteiger partial charge in [0.05, 0.1) is 22.3 Å². The first-order valence-electron chi connectivity index (χ1n) is 19.4. The molecule has 2 heterocycles. The molecule has 266 valence electrons. The highest BCUT2D eigenvalue weighted by Gasteiger charge is 2.46.